The van der Waals surface area contributed by atoms with Crippen molar-refractivity contribution in [1.29, 1.82) is 0 Å². The first-order chi connectivity index (χ1) is 7.17. The fourth-order valence-electron chi connectivity index (χ4n) is 1.76. The lowest BCUT2D eigenvalue weighted by atomic mass is 10.1. The van der Waals surface area contributed by atoms with Gasteiger partial charge in [0, 0.05) is 26.7 Å². The van der Waals surface area contributed by atoms with Crippen LogP contribution in [0.1, 0.15) is 20.3 Å². The molecule has 1 saturated heterocycles. The fraction of sp³-hybridized carbons (Fsp3) is 0.909. The third-order valence-corrected chi connectivity index (χ3v) is 2.96. The van der Waals surface area contributed by atoms with E-state index < -0.39 is 0 Å². The molecule has 0 unspecified atom stereocenters. The van der Waals surface area contributed by atoms with Crippen molar-refractivity contribution in [1.82, 2.24) is 10.2 Å². The van der Waals surface area contributed by atoms with Gasteiger partial charge >= 0.3 is 0 Å². The van der Waals surface area contributed by atoms with Crippen LogP contribution in [0.4, 0.5) is 0 Å². The summed E-state index contributed by atoms with van der Waals surface area (Å²) in [5.74, 6) is 0.678. The minimum atomic E-state index is -0.284. The van der Waals surface area contributed by atoms with Gasteiger partial charge in [-0.2, -0.15) is 0 Å². The first kappa shape index (κ1) is 12.5. The lowest BCUT2D eigenvalue weighted by Crippen LogP contribution is -2.50. The van der Waals surface area contributed by atoms with Gasteiger partial charge in [-0.25, -0.2) is 0 Å². The van der Waals surface area contributed by atoms with E-state index in [9.17, 15) is 4.79 Å². The van der Waals surface area contributed by atoms with Crippen LogP contribution < -0.4 is 5.32 Å². The number of nitrogens with one attached hydrogen (secondary N) is 1. The third kappa shape index (κ3) is 3.80. The number of likely N-dealkylation sites (N-methyl/N-ethyl adjacent to an activating group) is 1. The van der Waals surface area contributed by atoms with Crippen LogP contribution in [0.3, 0.4) is 0 Å². The minimum absolute atomic E-state index is 0.0103. The van der Waals surface area contributed by atoms with Gasteiger partial charge in [-0.05, 0) is 5.92 Å². The van der Waals surface area contributed by atoms with E-state index in [0.717, 1.165) is 19.6 Å². The number of hydrogen-bond donors (Lipinski definition) is 1. The summed E-state index contributed by atoms with van der Waals surface area (Å²) in [5, 5.41) is 2.63. The van der Waals surface area contributed by atoms with Gasteiger partial charge in [0.05, 0.1) is 6.61 Å². The average molecular weight is 214 g/mol. The van der Waals surface area contributed by atoms with Gasteiger partial charge in [0.2, 0.25) is 5.91 Å². The number of ether oxygens (including phenoxy) is 1. The molecule has 0 saturated carbocycles. The zero-order chi connectivity index (χ0) is 11.3. The molecule has 4 heteroatoms. The molecular formula is C11H22N2O2. The highest BCUT2D eigenvalue weighted by atomic mass is 16.5. The predicted octanol–water partition coefficient (Wildman–Crippen LogP) is 0.479. The normalized spacial score (nSPS) is 24.9. The van der Waals surface area contributed by atoms with E-state index in [1.165, 1.54) is 6.42 Å². The van der Waals surface area contributed by atoms with E-state index in [1.807, 2.05) is 0 Å². The van der Waals surface area contributed by atoms with Crippen molar-refractivity contribution in [3.63, 3.8) is 0 Å². The van der Waals surface area contributed by atoms with Crippen LogP contribution in [0.2, 0.25) is 0 Å². The molecule has 0 aromatic heterocycles. The Morgan fingerprint density at radius 2 is 2.40 bits per heavy atom. The van der Waals surface area contributed by atoms with Crippen molar-refractivity contribution in [3.05, 3.63) is 0 Å². The van der Waals surface area contributed by atoms with Crippen LogP contribution in [0.25, 0.3) is 0 Å². The number of nitrogens with zero attached hydrogens (tertiary/aromatic N) is 1. The van der Waals surface area contributed by atoms with Crippen molar-refractivity contribution in [2.24, 2.45) is 5.92 Å². The van der Waals surface area contributed by atoms with E-state index in [2.05, 4.69) is 24.1 Å². The SMILES string of the molecule is CC[C@@H](C)CN1CCO[C@H](C(=O)NC)C1. The van der Waals surface area contributed by atoms with Crippen molar-refractivity contribution >= 4 is 5.91 Å². The van der Waals surface area contributed by atoms with Crippen LogP contribution in [0, 0.1) is 5.92 Å². The molecule has 0 spiro atoms. The van der Waals surface area contributed by atoms with Crippen LogP contribution in [0.5, 0.6) is 0 Å². The first-order valence-electron chi connectivity index (χ1n) is 5.73. The highest BCUT2D eigenvalue weighted by molar-refractivity contribution is 5.80. The Morgan fingerprint density at radius 1 is 1.67 bits per heavy atom. The zero-order valence-corrected chi connectivity index (χ0v) is 9.95. The Hall–Kier alpha value is -0.610. The number of amides is 1. The average Bonchev–Trinajstić information content (AvgIpc) is 2.28. The third-order valence-electron chi connectivity index (χ3n) is 2.96. The number of hydrogen-bond acceptors (Lipinski definition) is 3. The number of carbonyl (C=O) groups is 1. The van der Waals surface area contributed by atoms with Gasteiger partial charge in [0.25, 0.3) is 0 Å². The molecule has 1 aliphatic heterocycles. The molecule has 1 rings (SSSR count). The van der Waals surface area contributed by atoms with E-state index >= 15 is 0 Å². The topological polar surface area (TPSA) is 41.6 Å². The quantitative estimate of drug-likeness (QED) is 0.740. The molecule has 15 heavy (non-hydrogen) atoms. The summed E-state index contributed by atoms with van der Waals surface area (Å²) < 4.78 is 5.42. The highest BCUT2D eigenvalue weighted by Crippen LogP contribution is 2.10. The smallest absolute Gasteiger partial charge is 0.250 e. The summed E-state index contributed by atoms with van der Waals surface area (Å²) >= 11 is 0. The molecule has 1 heterocycles. The van der Waals surface area contributed by atoms with Crippen molar-refractivity contribution in [2.45, 2.75) is 26.4 Å². The predicted molar refractivity (Wildman–Crippen MR) is 59.7 cm³/mol. The summed E-state index contributed by atoms with van der Waals surface area (Å²) in [6.45, 7) is 7.83. The number of carbonyl (C=O) groups excluding carboxylic acids is 1. The Bertz CT molecular complexity index is 209. The highest BCUT2D eigenvalue weighted by Gasteiger charge is 2.26. The van der Waals surface area contributed by atoms with E-state index in [1.54, 1.807) is 7.05 Å². The molecule has 1 amide bonds. The molecular weight excluding hydrogens is 192 g/mol. The lowest BCUT2D eigenvalue weighted by molar-refractivity contribution is -0.138. The molecule has 0 bridgehead atoms. The van der Waals surface area contributed by atoms with E-state index in [-0.39, 0.29) is 12.0 Å². The largest absolute Gasteiger partial charge is 0.366 e. The Labute approximate surface area is 92.0 Å². The van der Waals surface area contributed by atoms with E-state index in [4.69, 9.17) is 4.74 Å². The molecule has 1 fully saturated rings. The summed E-state index contributed by atoms with van der Waals surface area (Å²) in [6.07, 6.45) is 0.898. The maximum atomic E-state index is 11.4. The van der Waals surface area contributed by atoms with Gasteiger partial charge in [0.1, 0.15) is 6.10 Å². The van der Waals surface area contributed by atoms with Crippen LogP contribution in [-0.4, -0.2) is 50.2 Å². The summed E-state index contributed by atoms with van der Waals surface area (Å²) in [5.41, 5.74) is 0. The Balaban J connectivity index is 2.38. The molecule has 2 atom stereocenters. The molecule has 88 valence electrons. The lowest BCUT2D eigenvalue weighted by Gasteiger charge is -2.33. The van der Waals surface area contributed by atoms with Crippen molar-refractivity contribution in [2.75, 3.05) is 33.3 Å². The number of rotatable bonds is 4. The van der Waals surface area contributed by atoms with Crippen LogP contribution >= 0.6 is 0 Å². The minimum Gasteiger partial charge on any atom is -0.366 e. The molecule has 1 N–H and O–H groups in total. The van der Waals surface area contributed by atoms with E-state index in [0.29, 0.717) is 12.5 Å². The molecule has 1 aliphatic rings. The second-order valence-corrected chi connectivity index (χ2v) is 4.25. The van der Waals surface area contributed by atoms with Gasteiger partial charge in [-0.3, -0.25) is 9.69 Å². The van der Waals surface area contributed by atoms with Crippen molar-refractivity contribution < 1.29 is 9.53 Å². The van der Waals surface area contributed by atoms with Crippen LogP contribution in [-0.2, 0) is 9.53 Å². The maximum Gasteiger partial charge on any atom is 0.250 e. The standard InChI is InChI=1S/C11H22N2O2/c1-4-9(2)7-13-5-6-15-10(8-13)11(14)12-3/h9-10H,4-8H2,1-3H3,(H,12,14)/t9-,10+/m1/s1. The molecule has 0 aliphatic carbocycles. The van der Waals surface area contributed by atoms with Gasteiger partial charge in [-0.15, -0.1) is 0 Å². The molecule has 0 aromatic rings. The van der Waals surface area contributed by atoms with Crippen LogP contribution in [0.15, 0.2) is 0 Å². The van der Waals surface area contributed by atoms with Gasteiger partial charge in [0.15, 0.2) is 0 Å². The van der Waals surface area contributed by atoms with Gasteiger partial charge in [-0.1, -0.05) is 20.3 Å². The maximum absolute atomic E-state index is 11.4. The monoisotopic (exact) mass is 214 g/mol. The second kappa shape index (κ2) is 6.08. The molecule has 4 nitrogen and oxygen atoms in total. The molecule has 0 radical (unpaired) electrons. The van der Waals surface area contributed by atoms with Gasteiger partial charge < -0.3 is 10.1 Å². The fourth-order valence-corrected chi connectivity index (χ4v) is 1.76. The summed E-state index contributed by atoms with van der Waals surface area (Å²) in [7, 11) is 1.65. The zero-order valence-electron chi connectivity index (χ0n) is 9.95. The summed E-state index contributed by atoms with van der Waals surface area (Å²) in [6, 6.07) is 0. The molecule has 0 aromatic carbocycles. The van der Waals surface area contributed by atoms with Crippen molar-refractivity contribution in [3.8, 4) is 0 Å². The number of morpholine rings is 1. The Kier molecular flexibility index (Phi) is 5.05. The first-order valence-corrected chi connectivity index (χ1v) is 5.73. The summed E-state index contributed by atoms with van der Waals surface area (Å²) in [4.78, 5) is 13.7. The second-order valence-electron chi connectivity index (χ2n) is 4.25. The Morgan fingerprint density at radius 3 is 3.00 bits per heavy atom.